The lowest BCUT2D eigenvalue weighted by Crippen LogP contribution is -2.20. The van der Waals surface area contributed by atoms with Crippen molar-refractivity contribution in [2.24, 2.45) is 0 Å². The van der Waals surface area contributed by atoms with E-state index < -0.39 is 11.7 Å². The van der Waals surface area contributed by atoms with E-state index in [4.69, 9.17) is 11.6 Å². The first kappa shape index (κ1) is 27.3. The minimum atomic E-state index is -4.50. The van der Waals surface area contributed by atoms with Gasteiger partial charge in [-0.1, -0.05) is 62.4 Å². The summed E-state index contributed by atoms with van der Waals surface area (Å²) in [5.74, 6) is 0. The van der Waals surface area contributed by atoms with Crippen LogP contribution in [0.2, 0.25) is 5.02 Å². The fourth-order valence-corrected chi connectivity index (χ4v) is 3.88. The largest absolute Gasteiger partial charge is 0.417 e. The third-order valence-electron chi connectivity index (χ3n) is 5.25. The number of rotatable bonds is 8. The van der Waals surface area contributed by atoms with E-state index in [1.165, 1.54) is 6.07 Å². The molecule has 0 bridgehead atoms. The van der Waals surface area contributed by atoms with E-state index in [-0.39, 0.29) is 11.4 Å². The van der Waals surface area contributed by atoms with Gasteiger partial charge in [0.05, 0.1) is 10.6 Å². The minimum Gasteiger partial charge on any atom is -0.359 e. The van der Waals surface area contributed by atoms with Crippen molar-refractivity contribution in [3.8, 4) is 0 Å². The molecule has 0 unspecified atom stereocenters. The molecular formula is C28H32ClF3N2. The number of fused-ring (bicyclic) bond motifs is 1. The monoisotopic (exact) mass is 488 g/mol. The van der Waals surface area contributed by atoms with E-state index in [1.54, 1.807) is 6.07 Å². The van der Waals surface area contributed by atoms with Crippen LogP contribution in [0.15, 0.2) is 73.6 Å². The van der Waals surface area contributed by atoms with Gasteiger partial charge in [0.1, 0.15) is 0 Å². The molecule has 1 aliphatic rings. The van der Waals surface area contributed by atoms with Gasteiger partial charge < -0.3 is 10.2 Å². The number of benzene rings is 2. The molecule has 2 aromatic rings. The summed E-state index contributed by atoms with van der Waals surface area (Å²) >= 11 is 5.72. The first-order valence-electron chi connectivity index (χ1n) is 11.3. The molecule has 3 rings (SSSR count). The first-order chi connectivity index (χ1) is 16.1. The molecule has 0 fully saturated rings. The molecule has 0 radical (unpaired) electrons. The second-order valence-corrected chi connectivity index (χ2v) is 8.41. The van der Waals surface area contributed by atoms with E-state index in [2.05, 4.69) is 30.0 Å². The van der Waals surface area contributed by atoms with Crippen LogP contribution in [-0.4, -0.2) is 11.4 Å². The number of nitrogens with zero attached hydrogens (tertiary/aromatic N) is 1. The first-order valence-corrected chi connectivity index (χ1v) is 11.7. The molecule has 34 heavy (non-hydrogen) atoms. The van der Waals surface area contributed by atoms with Crippen LogP contribution in [-0.2, 0) is 12.6 Å². The van der Waals surface area contributed by atoms with Gasteiger partial charge in [0.2, 0.25) is 0 Å². The van der Waals surface area contributed by atoms with Crippen molar-refractivity contribution >= 4 is 29.1 Å². The maximum atomic E-state index is 13.1. The lowest BCUT2D eigenvalue weighted by Gasteiger charge is -2.29. The lowest BCUT2D eigenvalue weighted by atomic mass is 9.98. The fraction of sp³-hybridized carbons (Fsp3) is 0.286. The summed E-state index contributed by atoms with van der Waals surface area (Å²) in [5, 5.41) is 2.94. The molecule has 0 saturated carbocycles. The van der Waals surface area contributed by atoms with Crippen molar-refractivity contribution in [2.75, 3.05) is 11.9 Å². The van der Waals surface area contributed by atoms with Crippen molar-refractivity contribution in [3.63, 3.8) is 0 Å². The highest BCUT2D eigenvalue weighted by Gasteiger charge is 2.33. The molecule has 2 nitrogen and oxygen atoms in total. The number of allylic oxidation sites excluding steroid dienone is 2. The van der Waals surface area contributed by atoms with Gasteiger partial charge in [-0.05, 0) is 49.6 Å². The third-order valence-corrected chi connectivity index (χ3v) is 5.58. The van der Waals surface area contributed by atoms with Crippen LogP contribution >= 0.6 is 11.6 Å². The van der Waals surface area contributed by atoms with Crippen LogP contribution in [0, 0.1) is 0 Å². The van der Waals surface area contributed by atoms with Gasteiger partial charge in [-0.25, -0.2) is 0 Å². The van der Waals surface area contributed by atoms with E-state index in [0.717, 1.165) is 53.5 Å². The van der Waals surface area contributed by atoms with Gasteiger partial charge in [0.25, 0.3) is 0 Å². The molecule has 182 valence electrons. The molecule has 0 saturated heterocycles. The predicted octanol–water partition coefficient (Wildman–Crippen LogP) is 9.17. The SMILES string of the molecule is C=C(C)CCCN1C=Cc2c(NC(=C)Cc3ccc(Cl)c(C(F)(F)F)c3)cccc2C1=C.CC. The average Bonchev–Trinajstić information content (AvgIpc) is 2.77. The Kier molecular flexibility index (Phi) is 9.63. The van der Waals surface area contributed by atoms with E-state index in [1.807, 2.05) is 51.2 Å². The number of anilines is 1. The highest BCUT2D eigenvalue weighted by Crippen LogP contribution is 2.36. The van der Waals surface area contributed by atoms with E-state index in [0.29, 0.717) is 11.3 Å². The van der Waals surface area contributed by atoms with Crippen LogP contribution < -0.4 is 5.32 Å². The molecular weight excluding hydrogens is 457 g/mol. The van der Waals surface area contributed by atoms with E-state index >= 15 is 0 Å². The predicted molar refractivity (Wildman–Crippen MR) is 140 cm³/mol. The van der Waals surface area contributed by atoms with Crippen LogP contribution in [0.1, 0.15) is 55.9 Å². The molecule has 2 aromatic carbocycles. The molecule has 0 spiro atoms. The van der Waals surface area contributed by atoms with Gasteiger partial charge in [0, 0.05) is 47.4 Å². The van der Waals surface area contributed by atoms with Gasteiger partial charge in [0.15, 0.2) is 0 Å². The highest BCUT2D eigenvalue weighted by atomic mass is 35.5. The number of hydrogen-bond donors (Lipinski definition) is 1. The number of halogens is 4. The summed E-state index contributed by atoms with van der Waals surface area (Å²) in [6.07, 6.45) is 1.72. The molecule has 6 heteroatoms. The Balaban J connectivity index is 0.00000199. The summed E-state index contributed by atoms with van der Waals surface area (Å²) in [6, 6.07) is 9.77. The Labute approximate surface area is 206 Å². The quantitative estimate of drug-likeness (QED) is 0.372. The lowest BCUT2D eigenvalue weighted by molar-refractivity contribution is -0.137. The van der Waals surface area contributed by atoms with Crippen LogP contribution in [0.25, 0.3) is 11.8 Å². The molecule has 0 amide bonds. The number of alkyl halides is 3. The van der Waals surface area contributed by atoms with Gasteiger partial charge >= 0.3 is 6.18 Å². The molecule has 0 aromatic heterocycles. The highest BCUT2D eigenvalue weighted by molar-refractivity contribution is 6.31. The van der Waals surface area contributed by atoms with Crippen molar-refractivity contribution in [1.82, 2.24) is 4.90 Å². The summed E-state index contributed by atoms with van der Waals surface area (Å²) in [4.78, 5) is 2.12. The Morgan fingerprint density at radius 1 is 1.12 bits per heavy atom. The Morgan fingerprint density at radius 2 is 1.82 bits per heavy atom. The second kappa shape index (κ2) is 12.0. The minimum absolute atomic E-state index is 0.238. The standard InChI is InChI=1S/C26H26ClF3N2.C2H6/c1-17(2)7-6-13-32-14-12-22-21(19(32)4)8-5-9-25(22)31-18(3)15-20-10-11-24(27)23(16-20)26(28,29)30;1-2/h5,8-12,14,16,31H,1,3-4,6-7,13,15H2,2H3;1-2H3. The molecule has 1 heterocycles. The normalized spacial score (nSPS) is 12.6. The molecule has 1 aliphatic heterocycles. The summed E-state index contributed by atoms with van der Waals surface area (Å²) in [7, 11) is 0. The van der Waals surface area contributed by atoms with Crippen molar-refractivity contribution in [3.05, 3.63) is 101 Å². The summed E-state index contributed by atoms with van der Waals surface area (Å²) in [5.41, 5.74) is 5.10. The van der Waals surface area contributed by atoms with E-state index in [9.17, 15) is 13.2 Å². The summed E-state index contributed by atoms with van der Waals surface area (Å²) < 4.78 is 39.4. The van der Waals surface area contributed by atoms with Crippen LogP contribution in [0.3, 0.4) is 0 Å². The van der Waals surface area contributed by atoms with Crippen LogP contribution in [0.5, 0.6) is 0 Å². The Morgan fingerprint density at radius 3 is 2.47 bits per heavy atom. The maximum Gasteiger partial charge on any atom is 0.417 e. The third kappa shape index (κ3) is 7.04. The van der Waals surface area contributed by atoms with Gasteiger partial charge in [-0.15, -0.1) is 6.58 Å². The molecule has 0 aliphatic carbocycles. The van der Waals surface area contributed by atoms with Crippen LogP contribution in [0.4, 0.5) is 18.9 Å². The van der Waals surface area contributed by atoms with Crippen molar-refractivity contribution in [2.45, 2.75) is 46.2 Å². The average molecular weight is 489 g/mol. The summed E-state index contributed by atoms with van der Waals surface area (Å²) in [6.45, 7) is 19.1. The van der Waals surface area contributed by atoms with Crippen molar-refractivity contribution in [1.29, 1.82) is 0 Å². The zero-order chi connectivity index (χ0) is 25.5. The van der Waals surface area contributed by atoms with Gasteiger partial charge in [-0.2, -0.15) is 13.2 Å². The molecule has 1 N–H and O–H groups in total. The topological polar surface area (TPSA) is 15.3 Å². The van der Waals surface area contributed by atoms with Gasteiger partial charge in [-0.3, -0.25) is 0 Å². The fourth-order valence-electron chi connectivity index (χ4n) is 3.66. The Hall–Kier alpha value is -2.92. The second-order valence-electron chi connectivity index (χ2n) is 8.00. The zero-order valence-electron chi connectivity index (χ0n) is 20.0. The maximum absolute atomic E-state index is 13.1. The number of nitrogens with one attached hydrogen (secondary N) is 1. The number of hydrogen-bond acceptors (Lipinski definition) is 2. The zero-order valence-corrected chi connectivity index (χ0v) is 20.8. The Bertz CT molecular complexity index is 1080. The molecule has 0 atom stereocenters. The van der Waals surface area contributed by atoms with Crippen molar-refractivity contribution < 1.29 is 13.2 Å². The smallest absolute Gasteiger partial charge is 0.359 e.